The molecule has 2 amide bonds. The lowest BCUT2D eigenvalue weighted by Crippen LogP contribution is -2.52. The van der Waals surface area contributed by atoms with Gasteiger partial charge in [-0.3, -0.25) is 14.6 Å². The molecule has 1 N–H and O–H groups in total. The number of aromatic nitrogens is 1. The number of carbonyl (C=O) groups excluding carboxylic acids is 2. The number of likely N-dealkylation sites (N-methyl/N-ethyl adjacent to an activating group) is 1. The monoisotopic (exact) mass is 494 g/mol. The molecular weight excluding hydrogens is 464 g/mol. The van der Waals surface area contributed by atoms with Crippen LogP contribution in [0.25, 0.3) is 0 Å². The van der Waals surface area contributed by atoms with Crippen molar-refractivity contribution in [3.05, 3.63) is 102 Å². The van der Waals surface area contributed by atoms with Crippen molar-refractivity contribution in [1.29, 1.82) is 0 Å². The Labute approximate surface area is 206 Å². The van der Waals surface area contributed by atoms with Crippen LogP contribution < -0.4 is 5.32 Å². The molecule has 35 heavy (non-hydrogen) atoms. The van der Waals surface area contributed by atoms with E-state index in [0.717, 1.165) is 21.7 Å². The predicted molar refractivity (Wildman–Crippen MR) is 134 cm³/mol. The minimum absolute atomic E-state index is 0.159. The highest BCUT2D eigenvalue weighted by Crippen LogP contribution is 2.16. The molecule has 0 fully saturated rings. The molecule has 8 nitrogen and oxygen atoms in total. The molecule has 3 aromatic rings. The molecule has 0 saturated carbocycles. The van der Waals surface area contributed by atoms with Gasteiger partial charge in [-0.15, -0.1) is 0 Å². The zero-order chi connectivity index (χ0) is 25.3. The van der Waals surface area contributed by atoms with Crippen LogP contribution in [0.1, 0.15) is 16.8 Å². The quantitative estimate of drug-likeness (QED) is 0.441. The minimum Gasteiger partial charge on any atom is -0.349 e. The SMILES string of the molecule is CN(CC(=O)N(Cc1ccccc1)[C@@H](Cc1ccccc1)C(=O)NCc1ccccn1)S(C)(=O)=O. The van der Waals surface area contributed by atoms with E-state index in [4.69, 9.17) is 0 Å². The largest absolute Gasteiger partial charge is 0.349 e. The highest BCUT2D eigenvalue weighted by atomic mass is 32.2. The van der Waals surface area contributed by atoms with E-state index in [1.807, 2.05) is 66.7 Å². The first-order valence-corrected chi connectivity index (χ1v) is 13.0. The maximum absolute atomic E-state index is 13.5. The molecule has 3 rings (SSSR count). The maximum Gasteiger partial charge on any atom is 0.243 e. The lowest BCUT2D eigenvalue weighted by Gasteiger charge is -2.32. The van der Waals surface area contributed by atoms with Crippen molar-refractivity contribution in [1.82, 2.24) is 19.5 Å². The number of rotatable bonds is 11. The number of hydrogen-bond donors (Lipinski definition) is 1. The van der Waals surface area contributed by atoms with Gasteiger partial charge in [-0.2, -0.15) is 4.31 Å². The molecule has 0 bridgehead atoms. The van der Waals surface area contributed by atoms with Gasteiger partial charge in [0.15, 0.2) is 0 Å². The number of carbonyl (C=O) groups is 2. The summed E-state index contributed by atoms with van der Waals surface area (Å²) >= 11 is 0. The Hall–Kier alpha value is -3.56. The van der Waals surface area contributed by atoms with Crippen molar-refractivity contribution >= 4 is 21.8 Å². The Kier molecular flexibility index (Phi) is 9.11. The topological polar surface area (TPSA) is 99.7 Å². The van der Waals surface area contributed by atoms with E-state index in [2.05, 4.69) is 10.3 Å². The summed E-state index contributed by atoms with van der Waals surface area (Å²) in [7, 11) is -2.23. The first kappa shape index (κ1) is 26.1. The van der Waals surface area contributed by atoms with Gasteiger partial charge in [0.05, 0.1) is 25.0 Å². The van der Waals surface area contributed by atoms with Gasteiger partial charge in [0.25, 0.3) is 0 Å². The van der Waals surface area contributed by atoms with Crippen LogP contribution in [0.5, 0.6) is 0 Å². The lowest BCUT2D eigenvalue weighted by molar-refractivity contribution is -0.141. The molecule has 1 heterocycles. The van der Waals surface area contributed by atoms with Gasteiger partial charge in [0.1, 0.15) is 6.04 Å². The fourth-order valence-corrected chi connectivity index (χ4v) is 3.88. The summed E-state index contributed by atoms with van der Waals surface area (Å²) in [5.41, 5.74) is 2.41. The Bertz CT molecular complexity index is 1210. The van der Waals surface area contributed by atoms with Gasteiger partial charge in [0.2, 0.25) is 21.8 Å². The average Bonchev–Trinajstić information content (AvgIpc) is 2.86. The summed E-state index contributed by atoms with van der Waals surface area (Å²) in [6, 6.07) is 23.3. The number of nitrogens with zero attached hydrogens (tertiary/aromatic N) is 3. The molecule has 184 valence electrons. The first-order chi connectivity index (χ1) is 16.7. The molecule has 0 saturated heterocycles. The van der Waals surface area contributed by atoms with E-state index < -0.39 is 22.0 Å². The van der Waals surface area contributed by atoms with Crippen LogP contribution in [0.15, 0.2) is 85.1 Å². The third-order valence-electron chi connectivity index (χ3n) is 5.56. The third kappa shape index (κ3) is 8.01. The van der Waals surface area contributed by atoms with Gasteiger partial charge in [-0.1, -0.05) is 66.7 Å². The third-order valence-corrected chi connectivity index (χ3v) is 6.82. The van der Waals surface area contributed by atoms with Crippen LogP contribution in [-0.2, 0) is 39.1 Å². The second-order valence-electron chi connectivity index (χ2n) is 8.27. The number of pyridine rings is 1. The van der Waals surface area contributed by atoms with E-state index in [-0.39, 0.29) is 32.0 Å². The smallest absolute Gasteiger partial charge is 0.243 e. The first-order valence-electron chi connectivity index (χ1n) is 11.2. The molecule has 9 heteroatoms. The Balaban J connectivity index is 1.92. The second kappa shape index (κ2) is 12.2. The molecule has 0 aliphatic rings. The number of hydrogen-bond acceptors (Lipinski definition) is 5. The van der Waals surface area contributed by atoms with Gasteiger partial charge >= 0.3 is 0 Å². The zero-order valence-corrected chi connectivity index (χ0v) is 20.7. The Morgan fingerprint density at radius 3 is 2.09 bits per heavy atom. The number of nitrogens with one attached hydrogen (secondary N) is 1. The predicted octanol–water partition coefficient (Wildman–Crippen LogP) is 2.23. The standard InChI is InChI=1S/C26H30N4O4S/c1-29(35(2,33)34)20-25(31)30(19-22-13-7-4-8-14-22)24(17-21-11-5-3-6-12-21)26(32)28-18-23-15-9-10-16-27-23/h3-16,24H,17-20H2,1-2H3,(H,28,32)/t24-/m0/s1. The van der Waals surface area contributed by atoms with Crippen LogP contribution in [0.2, 0.25) is 0 Å². The van der Waals surface area contributed by atoms with Crippen LogP contribution in [0.4, 0.5) is 0 Å². The molecule has 0 unspecified atom stereocenters. The maximum atomic E-state index is 13.5. The van der Waals surface area contributed by atoms with Gasteiger partial charge in [-0.25, -0.2) is 8.42 Å². The molecule has 1 aromatic heterocycles. The molecule has 0 aliphatic carbocycles. The van der Waals surface area contributed by atoms with E-state index in [0.29, 0.717) is 5.69 Å². The summed E-state index contributed by atoms with van der Waals surface area (Å²) < 4.78 is 24.9. The number of benzene rings is 2. The number of sulfonamides is 1. The summed E-state index contributed by atoms with van der Waals surface area (Å²) in [4.78, 5) is 32.6. The van der Waals surface area contributed by atoms with E-state index >= 15 is 0 Å². The van der Waals surface area contributed by atoms with Gasteiger partial charge in [-0.05, 0) is 23.3 Å². The summed E-state index contributed by atoms with van der Waals surface area (Å²) in [5.74, 6) is -0.804. The normalized spacial score (nSPS) is 12.2. The van der Waals surface area contributed by atoms with Crippen molar-refractivity contribution in [3.63, 3.8) is 0 Å². The summed E-state index contributed by atoms with van der Waals surface area (Å²) in [6.07, 6.45) is 2.97. The molecule has 2 aromatic carbocycles. The van der Waals surface area contributed by atoms with Crippen LogP contribution in [0.3, 0.4) is 0 Å². The summed E-state index contributed by atoms with van der Waals surface area (Å²) in [5, 5.41) is 2.90. The average molecular weight is 495 g/mol. The van der Waals surface area contributed by atoms with Crippen LogP contribution in [-0.4, -0.2) is 60.3 Å². The Morgan fingerprint density at radius 2 is 1.51 bits per heavy atom. The minimum atomic E-state index is -3.58. The van der Waals surface area contributed by atoms with E-state index in [1.165, 1.54) is 11.9 Å². The van der Waals surface area contributed by atoms with E-state index in [1.54, 1.807) is 18.3 Å². The van der Waals surface area contributed by atoms with Crippen LogP contribution >= 0.6 is 0 Å². The molecule has 1 atom stereocenters. The van der Waals surface area contributed by atoms with Crippen molar-refractivity contribution in [3.8, 4) is 0 Å². The van der Waals surface area contributed by atoms with Crippen molar-refractivity contribution in [2.75, 3.05) is 19.8 Å². The highest BCUT2D eigenvalue weighted by Gasteiger charge is 2.31. The van der Waals surface area contributed by atoms with Crippen molar-refractivity contribution < 1.29 is 18.0 Å². The molecule has 0 radical (unpaired) electrons. The summed E-state index contributed by atoms with van der Waals surface area (Å²) in [6.45, 7) is -0.00215. The molecular formula is C26H30N4O4S. The van der Waals surface area contributed by atoms with Gasteiger partial charge in [0, 0.05) is 26.2 Å². The molecule has 0 aliphatic heterocycles. The van der Waals surface area contributed by atoms with Crippen molar-refractivity contribution in [2.24, 2.45) is 0 Å². The zero-order valence-electron chi connectivity index (χ0n) is 19.9. The Morgan fingerprint density at radius 1 is 0.914 bits per heavy atom. The van der Waals surface area contributed by atoms with E-state index in [9.17, 15) is 18.0 Å². The van der Waals surface area contributed by atoms with Crippen molar-refractivity contribution in [2.45, 2.75) is 25.6 Å². The fourth-order valence-electron chi connectivity index (χ4n) is 3.53. The second-order valence-corrected chi connectivity index (χ2v) is 10.4. The molecule has 0 spiro atoms. The van der Waals surface area contributed by atoms with Gasteiger partial charge < -0.3 is 10.2 Å². The highest BCUT2D eigenvalue weighted by molar-refractivity contribution is 7.88. The van der Waals surface area contributed by atoms with Crippen LogP contribution in [0, 0.1) is 0 Å². The number of amides is 2. The fraction of sp³-hybridized carbons (Fsp3) is 0.269. The lowest BCUT2D eigenvalue weighted by atomic mass is 10.0.